The van der Waals surface area contributed by atoms with Crippen molar-refractivity contribution in [1.29, 1.82) is 5.26 Å². The zero-order valence-electron chi connectivity index (χ0n) is 18.3. The van der Waals surface area contributed by atoms with Crippen LogP contribution < -0.4 is 5.32 Å². The van der Waals surface area contributed by atoms with E-state index in [-0.39, 0.29) is 12.1 Å². The van der Waals surface area contributed by atoms with Gasteiger partial charge in [-0.05, 0) is 51.0 Å². The van der Waals surface area contributed by atoms with Crippen molar-refractivity contribution in [3.05, 3.63) is 47.4 Å². The van der Waals surface area contributed by atoms with E-state index in [1.54, 1.807) is 18.2 Å². The summed E-state index contributed by atoms with van der Waals surface area (Å²) in [5, 5.41) is 13.7. The van der Waals surface area contributed by atoms with E-state index in [9.17, 15) is 4.79 Å². The zero-order valence-corrected chi connectivity index (χ0v) is 19.0. The molecule has 3 heterocycles. The third-order valence-electron chi connectivity index (χ3n) is 6.02. The van der Waals surface area contributed by atoms with E-state index < -0.39 is 0 Å². The average Bonchev–Trinajstić information content (AvgIpc) is 3.26. The van der Waals surface area contributed by atoms with Crippen LogP contribution in [0.4, 0.5) is 16.3 Å². The van der Waals surface area contributed by atoms with Crippen LogP contribution in [0.3, 0.4) is 0 Å². The maximum atomic E-state index is 12.6. The topological polar surface area (TPSA) is 90.1 Å². The van der Waals surface area contributed by atoms with Gasteiger partial charge in [0.2, 0.25) is 0 Å². The van der Waals surface area contributed by atoms with Crippen LogP contribution in [-0.2, 0) is 0 Å². The van der Waals surface area contributed by atoms with Crippen molar-refractivity contribution in [2.75, 3.05) is 31.5 Å². The van der Waals surface area contributed by atoms with Crippen molar-refractivity contribution < 1.29 is 4.79 Å². The number of nitriles is 1. The highest BCUT2D eigenvalue weighted by Crippen LogP contribution is 2.32. The highest BCUT2D eigenvalue weighted by Gasteiger charge is 2.27. The van der Waals surface area contributed by atoms with Crippen molar-refractivity contribution in [3.8, 4) is 6.07 Å². The Morgan fingerprint density at radius 3 is 2.66 bits per heavy atom. The van der Waals surface area contributed by atoms with E-state index >= 15 is 0 Å². The fraction of sp³-hybridized carbons (Fsp3) is 0.391. The second-order valence-electron chi connectivity index (χ2n) is 7.79. The summed E-state index contributed by atoms with van der Waals surface area (Å²) < 4.78 is 2.18. The molecule has 1 fully saturated rings. The van der Waals surface area contributed by atoms with Crippen LogP contribution in [-0.4, -0.2) is 56.5 Å². The highest BCUT2D eigenvalue weighted by atomic mass is 35.5. The number of hydrogen-bond donors (Lipinski definition) is 1. The van der Waals surface area contributed by atoms with Gasteiger partial charge >= 0.3 is 6.03 Å². The summed E-state index contributed by atoms with van der Waals surface area (Å²) in [6.07, 6.45) is 5.34. The number of likely N-dealkylation sites (tertiary alicyclic amines) is 1. The number of nitrogens with one attached hydrogen (secondary N) is 1. The standard InChI is InChI=1S/C23H26ClN7O/c1-3-29(4-2)23(32)30-10-7-17(8-11-30)31-12-9-18-21(26-15-27-22(18)31)28-20-6-5-16(14-25)13-19(20)24/h5-6,9,12-13,15,17H,3-4,7-8,10-11H2,1-2H3,(H,26,27,28). The minimum atomic E-state index is 0.124. The first kappa shape index (κ1) is 21.9. The quantitative estimate of drug-likeness (QED) is 0.601. The molecular weight excluding hydrogens is 426 g/mol. The Kier molecular flexibility index (Phi) is 6.47. The van der Waals surface area contributed by atoms with Gasteiger partial charge in [0.25, 0.3) is 0 Å². The maximum Gasteiger partial charge on any atom is 0.319 e. The van der Waals surface area contributed by atoms with Gasteiger partial charge in [0, 0.05) is 38.4 Å². The fourth-order valence-electron chi connectivity index (χ4n) is 4.21. The van der Waals surface area contributed by atoms with E-state index in [2.05, 4.69) is 25.9 Å². The van der Waals surface area contributed by atoms with Gasteiger partial charge in [-0.1, -0.05) is 11.6 Å². The molecule has 0 saturated carbocycles. The molecule has 1 N–H and O–H groups in total. The number of amides is 2. The molecular formula is C23H26ClN7O. The third kappa shape index (κ3) is 4.21. The molecule has 4 rings (SSSR count). The smallest absolute Gasteiger partial charge is 0.319 e. The number of urea groups is 1. The Bertz CT molecular complexity index is 1160. The first-order valence-electron chi connectivity index (χ1n) is 10.9. The van der Waals surface area contributed by atoms with Gasteiger partial charge in [0.1, 0.15) is 17.8 Å². The molecule has 1 aromatic carbocycles. The summed E-state index contributed by atoms with van der Waals surface area (Å²) in [6.45, 7) is 6.95. The van der Waals surface area contributed by atoms with Gasteiger partial charge < -0.3 is 19.7 Å². The number of benzene rings is 1. The number of halogens is 1. The Hall–Kier alpha value is -3.31. The molecule has 1 aliphatic heterocycles. The lowest BCUT2D eigenvalue weighted by Crippen LogP contribution is -2.46. The van der Waals surface area contributed by atoms with Crippen LogP contribution in [0.5, 0.6) is 0 Å². The summed E-state index contributed by atoms with van der Waals surface area (Å²) in [5.41, 5.74) is 2.03. The first-order valence-corrected chi connectivity index (χ1v) is 11.3. The van der Waals surface area contributed by atoms with Crippen molar-refractivity contribution in [2.24, 2.45) is 0 Å². The molecule has 0 spiro atoms. The average molecular weight is 452 g/mol. The van der Waals surface area contributed by atoms with E-state index in [0.717, 1.165) is 50.1 Å². The van der Waals surface area contributed by atoms with E-state index in [1.807, 2.05) is 35.9 Å². The third-order valence-corrected chi connectivity index (χ3v) is 6.34. The molecule has 0 bridgehead atoms. The number of hydrogen-bond acceptors (Lipinski definition) is 5. The molecule has 2 aromatic heterocycles. The van der Waals surface area contributed by atoms with Crippen LogP contribution in [0.15, 0.2) is 36.8 Å². The molecule has 1 aliphatic rings. The summed E-state index contributed by atoms with van der Waals surface area (Å²) in [4.78, 5) is 25.4. The van der Waals surface area contributed by atoms with Crippen molar-refractivity contribution >= 4 is 40.2 Å². The number of carbonyl (C=O) groups excluding carboxylic acids is 1. The summed E-state index contributed by atoms with van der Waals surface area (Å²) in [5.74, 6) is 0.662. The SMILES string of the molecule is CCN(CC)C(=O)N1CCC(n2ccc3c(Nc4ccc(C#N)cc4Cl)ncnc32)CC1. The van der Waals surface area contributed by atoms with Gasteiger partial charge in [0.05, 0.1) is 27.7 Å². The predicted octanol–water partition coefficient (Wildman–Crippen LogP) is 4.80. The van der Waals surface area contributed by atoms with Crippen LogP contribution in [0.25, 0.3) is 11.0 Å². The largest absolute Gasteiger partial charge is 0.338 e. The van der Waals surface area contributed by atoms with Crippen molar-refractivity contribution in [1.82, 2.24) is 24.3 Å². The Morgan fingerprint density at radius 1 is 1.25 bits per heavy atom. The van der Waals surface area contributed by atoms with Crippen LogP contribution in [0.1, 0.15) is 38.3 Å². The summed E-state index contributed by atoms with van der Waals surface area (Å²) in [6, 6.07) is 9.59. The minimum Gasteiger partial charge on any atom is -0.338 e. The molecule has 0 aliphatic carbocycles. The zero-order chi connectivity index (χ0) is 22.7. The van der Waals surface area contributed by atoms with Gasteiger partial charge in [-0.15, -0.1) is 0 Å². The van der Waals surface area contributed by atoms with Crippen LogP contribution in [0.2, 0.25) is 5.02 Å². The summed E-state index contributed by atoms with van der Waals surface area (Å²) in [7, 11) is 0. The van der Waals surface area contributed by atoms with Gasteiger partial charge in [-0.3, -0.25) is 0 Å². The molecule has 2 amide bonds. The van der Waals surface area contributed by atoms with Gasteiger partial charge in [-0.2, -0.15) is 5.26 Å². The molecule has 0 unspecified atom stereocenters. The van der Waals surface area contributed by atoms with Crippen LogP contribution in [0, 0.1) is 11.3 Å². The number of piperidine rings is 1. The molecule has 0 radical (unpaired) electrons. The van der Waals surface area contributed by atoms with E-state index in [1.165, 1.54) is 6.33 Å². The number of fused-ring (bicyclic) bond motifs is 1. The van der Waals surface area contributed by atoms with Crippen molar-refractivity contribution in [2.45, 2.75) is 32.7 Å². The molecule has 32 heavy (non-hydrogen) atoms. The predicted molar refractivity (Wildman–Crippen MR) is 125 cm³/mol. The first-order chi connectivity index (χ1) is 15.5. The lowest BCUT2D eigenvalue weighted by Gasteiger charge is -2.35. The Morgan fingerprint density at radius 2 is 2.00 bits per heavy atom. The second kappa shape index (κ2) is 9.45. The summed E-state index contributed by atoms with van der Waals surface area (Å²) >= 11 is 6.32. The van der Waals surface area contributed by atoms with E-state index in [0.29, 0.717) is 22.1 Å². The second-order valence-corrected chi connectivity index (χ2v) is 8.19. The molecule has 8 nitrogen and oxygen atoms in total. The lowest BCUT2D eigenvalue weighted by molar-refractivity contribution is 0.137. The lowest BCUT2D eigenvalue weighted by atomic mass is 10.1. The molecule has 3 aromatic rings. The van der Waals surface area contributed by atoms with Crippen LogP contribution >= 0.6 is 11.6 Å². The van der Waals surface area contributed by atoms with Crippen molar-refractivity contribution in [3.63, 3.8) is 0 Å². The maximum absolute atomic E-state index is 12.6. The van der Waals surface area contributed by atoms with Gasteiger partial charge in [-0.25, -0.2) is 14.8 Å². The van der Waals surface area contributed by atoms with E-state index in [4.69, 9.17) is 16.9 Å². The number of rotatable bonds is 5. The fourth-order valence-corrected chi connectivity index (χ4v) is 4.44. The molecule has 9 heteroatoms. The number of carbonyl (C=O) groups is 1. The number of anilines is 2. The molecule has 1 saturated heterocycles. The minimum absolute atomic E-state index is 0.124. The normalized spacial score (nSPS) is 14.4. The number of nitrogens with zero attached hydrogens (tertiary/aromatic N) is 6. The van der Waals surface area contributed by atoms with Gasteiger partial charge in [0.15, 0.2) is 0 Å². The Balaban J connectivity index is 1.52. The highest BCUT2D eigenvalue weighted by molar-refractivity contribution is 6.33. The number of aromatic nitrogens is 3. The molecule has 166 valence electrons. The molecule has 0 atom stereocenters. The Labute approximate surface area is 192 Å². The monoisotopic (exact) mass is 451 g/mol.